The van der Waals surface area contributed by atoms with Gasteiger partial charge in [0.25, 0.3) is 0 Å². The Bertz CT molecular complexity index is 437. The van der Waals surface area contributed by atoms with Crippen LogP contribution in [0.25, 0.3) is 0 Å². The molecule has 0 atom stereocenters. The maximum absolute atomic E-state index is 12.0. The van der Waals surface area contributed by atoms with Crippen LogP contribution >= 0.6 is 0 Å². The van der Waals surface area contributed by atoms with E-state index in [9.17, 15) is 4.79 Å². The van der Waals surface area contributed by atoms with E-state index in [1.807, 2.05) is 38.4 Å². The van der Waals surface area contributed by atoms with E-state index < -0.39 is 0 Å². The number of nitrogens with two attached hydrogens (primary N) is 1. The summed E-state index contributed by atoms with van der Waals surface area (Å²) in [4.78, 5) is 15.8. The minimum atomic E-state index is 0.162. The van der Waals surface area contributed by atoms with E-state index >= 15 is 0 Å². The fourth-order valence-corrected chi connectivity index (χ4v) is 2.13. The third kappa shape index (κ3) is 6.14. The van der Waals surface area contributed by atoms with Crippen molar-refractivity contribution in [2.45, 2.75) is 19.4 Å². The molecule has 0 aromatic heterocycles. The van der Waals surface area contributed by atoms with Crippen LogP contribution in [0, 0.1) is 0 Å². The Morgan fingerprint density at radius 1 is 1.24 bits per heavy atom. The molecule has 0 radical (unpaired) electrons. The Labute approximate surface area is 127 Å². The molecule has 1 aromatic carbocycles. The largest absolute Gasteiger partial charge is 0.496 e. The first-order valence-corrected chi connectivity index (χ1v) is 7.33. The third-order valence-electron chi connectivity index (χ3n) is 3.46. The molecule has 5 heteroatoms. The average Bonchev–Trinajstić information content (AvgIpc) is 2.50. The standard InChI is InChI=1S/C16H27N3O2/c1-18(12-9-16(20)19(2)11-6-10-17)13-14-7-4-5-8-15(14)21-3/h4-5,7-8H,6,9-13,17H2,1-3H3. The highest BCUT2D eigenvalue weighted by Gasteiger charge is 2.11. The van der Waals surface area contributed by atoms with Crippen molar-refractivity contribution in [3.05, 3.63) is 29.8 Å². The van der Waals surface area contributed by atoms with Gasteiger partial charge in [0, 0.05) is 38.7 Å². The van der Waals surface area contributed by atoms with Crippen LogP contribution in [0.2, 0.25) is 0 Å². The first-order chi connectivity index (χ1) is 10.1. The number of nitrogens with zero attached hydrogens (tertiary/aromatic N) is 2. The zero-order valence-electron chi connectivity index (χ0n) is 13.3. The van der Waals surface area contributed by atoms with Gasteiger partial charge in [-0.25, -0.2) is 0 Å². The molecule has 5 nitrogen and oxygen atoms in total. The van der Waals surface area contributed by atoms with Gasteiger partial charge < -0.3 is 20.3 Å². The molecule has 118 valence electrons. The van der Waals surface area contributed by atoms with E-state index in [0.29, 0.717) is 13.0 Å². The molecule has 0 saturated carbocycles. The van der Waals surface area contributed by atoms with Gasteiger partial charge in [0.2, 0.25) is 5.91 Å². The van der Waals surface area contributed by atoms with E-state index in [1.54, 1.807) is 12.0 Å². The summed E-state index contributed by atoms with van der Waals surface area (Å²) in [5, 5.41) is 0. The van der Waals surface area contributed by atoms with Crippen LogP contribution in [0.5, 0.6) is 5.75 Å². The number of hydrogen-bond acceptors (Lipinski definition) is 4. The van der Waals surface area contributed by atoms with Crippen molar-refractivity contribution in [1.82, 2.24) is 9.80 Å². The Balaban J connectivity index is 2.40. The van der Waals surface area contributed by atoms with Gasteiger partial charge in [0.05, 0.1) is 7.11 Å². The Kier molecular flexibility index (Phi) is 7.79. The third-order valence-corrected chi connectivity index (χ3v) is 3.46. The SMILES string of the molecule is COc1ccccc1CN(C)CCC(=O)N(C)CCCN. The first-order valence-electron chi connectivity index (χ1n) is 7.33. The lowest BCUT2D eigenvalue weighted by Gasteiger charge is -2.21. The fourth-order valence-electron chi connectivity index (χ4n) is 2.13. The topological polar surface area (TPSA) is 58.8 Å². The highest BCUT2D eigenvalue weighted by Crippen LogP contribution is 2.18. The van der Waals surface area contributed by atoms with Gasteiger partial charge in [-0.15, -0.1) is 0 Å². The molecule has 0 spiro atoms. The lowest BCUT2D eigenvalue weighted by Crippen LogP contribution is -2.32. The van der Waals surface area contributed by atoms with Crippen molar-refractivity contribution in [3.63, 3.8) is 0 Å². The number of methoxy groups -OCH3 is 1. The van der Waals surface area contributed by atoms with Gasteiger partial charge in [-0.2, -0.15) is 0 Å². The lowest BCUT2D eigenvalue weighted by atomic mass is 10.2. The van der Waals surface area contributed by atoms with Crippen LogP contribution in [0.3, 0.4) is 0 Å². The number of ether oxygens (including phenoxy) is 1. The second-order valence-corrected chi connectivity index (χ2v) is 5.26. The van der Waals surface area contributed by atoms with E-state index in [2.05, 4.69) is 4.90 Å². The zero-order valence-corrected chi connectivity index (χ0v) is 13.3. The highest BCUT2D eigenvalue weighted by molar-refractivity contribution is 5.76. The quantitative estimate of drug-likeness (QED) is 0.746. The molecule has 0 aliphatic carbocycles. The molecule has 0 aliphatic heterocycles. The summed E-state index contributed by atoms with van der Waals surface area (Å²) in [5.74, 6) is 1.05. The number of carbonyl (C=O) groups excluding carboxylic acids is 1. The Hall–Kier alpha value is -1.59. The van der Waals surface area contributed by atoms with Gasteiger partial charge in [0.1, 0.15) is 5.75 Å². The van der Waals surface area contributed by atoms with E-state index in [1.165, 1.54) is 0 Å². The minimum Gasteiger partial charge on any atom is -0.496 e. The number of para-hydroxylation sites is 1. The fraction of sp³-hybridized carbons (Fsp3) is 0.562. The van der Waals surface area contributed by atoms with E-state index in [-0.39, 0.29) is 5.91 Å². The predicted molar refractivity (Wildman–Crippen MR) is 85.3 cm³/mol. The molecule has 0 heterocycles. The number of benzene rings is 1. The first kappa shape index (κ1) is 17.5. The van der Waals surface area contributed by atoms with Gasteiger partial charge >= 0.3 is 0 Å². The van der Waals surface area contributed by atoms with Gasteiger partial charge in [-0.1, -0.05) is 18.2 Å². The second kappa shape index (κ2) is 9.37. The Morgan fingerprint density at radius 3 is 2.62 bits per heavy atom. The minimum absolute atomic E-state index is 0.162. The molecule has 0 bridgehead atoms. The summed E-state index contributed by atoms with van der Waals surface area (Å²) in [7, 11) is 5.52. The van der Waals surface area contributed by atoms with E-state index in [4.69, 9.17) is 10.5 Å². The molecule has 0 aliphatic rings. The molecule has 1 amide bonds. The summed E-state index contributed by atoms with van der Waals surface area (Å²) in [6, 6.07) is 7.95. The maximum Gasteiger partial charge on any atom is 0.223 e. The number of amides is 1. The van der Waals surface area contributed by atoms with E-state index in [0.717, 1.165) is 37.4 Å². The predicted octanol–water partition coefficient (Wildman–Crippen LogP) is 1.32. The summed E-state index contributed by atoms with van der Waals surface area (Å²) in [5.41, 5.74) is 6.59. The monoisotopic (exact) mass is 293 g/mol. The average molecular weight is 293 g/mol. The van der Waals surface area contributed by atoms with Crippen LogP contribution in [0.1, 0.15) is 18.4 Å². The Morgan fingerprint density at radius 2 is 1.95 bits per heavy atom. The van der Waals surface area contributed by atoms with Gasteiger partial charge in [-0.05, 0) is 26.1 Å². The van der Waals surface area contributed by atoms with Crippen LogP contribution in [0.15, 0.2) is 24.3 Å². The van der Waals surface area contributed by atoms with Gasteiger partial charge in [0.15, 0.2) is 0 Å². The molecule has 0 unspecified atom stereocenters. The van der Waals surface area contributed by atoms with Crippen LogP contribution in [0.4, 0.5) is 0 Å². The zero-order chi connectivity index (χ0) is 15.7. The normalized spacial score (nSPS) is 10.7. The van der Waals surface area contributed by atoms with Crippen LogP contribution < -0.4 is 10.5 Å². The number of carbonyl (C=O) groups is 1. The molecule has 0 saturated heterocycles. The molecular weight excluding hydrogens is 266 g/mol. The summed E-state index contributed by atoms with van der Waals surface area (Å²) in [6.45, 7) is 2.84. The molecule has 0 fully saturated rings. The maximum atomic E-state index is 12.0. The summed E-state index contributed by atoms with van der Waals surface area (Å²) >= 11 is 0. The van der Waals surface area contributed by atoms with Gasteiger partial charge in [-0.3, -0.25) is 4.79 Å². The van der Waals surface area contributed by atoms with Crippen molar-refractivity contribution in [1.29, 1.82) is 0 Å². The molecule has 1 aromatic rings. The summed E-state index contributed by atoms with van der Waals surface area (Å²) in [6.07, 6.45) is 1.37. The van der Waals surface area contributed by atoms with Crippen LogP contribution in [-0.2, 0) is 11.3 Å². The van der Waals surface area contributed by atoms with Crippen molar-refractivity contribution >= 4 is 5.91 Å². The number of rotatable bonds is 9. The summed E-state index contributed by atoms with van der Waals surface area (Å²) < 4.78 is 5.34. The lowest BCUT2D eigenvalue weighted by molar-refractivity contribution is -0.130. The number of hydrogen-bond donors (Lipinski definition) is 1. The molecule has 21 heavy (non-hydrogen) atoms. The van der Waals surface area contributed by atoms with Crippen molar-refractivity contribution < 1.29 is 9.53 Å². The second-order valence-electron chi connectivity index (χ2n) is 5.26. The van der Waals surface area contributed by atoms with Crippen molar-refractivity contribution in [2.24, 2.45) is 5.73 Å². The molecule has 2 N–H and O–H groups in total. The van der Waals surface area contributed by atoms with Crippen molar-refractivity contribution in [2.75, 3.05) is 40.8 Å². The van der Waals surface area contributed by atoms with Crippen LogP contribution in [-0.4, -0.2) is 56.5 Å². The molecular formula is C16H27N3O2. The highest BCUT2D eigenvalue weighted by atomic mass is 16.5. The molecule has 1 rings (SSSR count). The van der Waals surface area contributed by atoms with Crippen molar-refractivity contribution in [3.8, 4) is 5.75 Å². The smallest absolute Gasteiger partial charge is 0.223 e.